The van der Waals surface area contributed by atoms with E-state index in [1.165, 1.54) is 38.5 Å². The van der Waals surface area contributed by atoms with Crippen molar-refractivity contribution < 1.29 is 19.8 Å². The maximum absolute atomic E-state index is 12.2. The molecule has 27 heavy (non-hydrogen) atoms. The van der Waals surface area contributed by atoms with Crippen LogP contribution in [0, 0.1) is 29.1 Å². The minimum Gasteiger partial charge on any atom is -0.481 e. The molecule has 158 valence electrons. The van der Waals surface area contributed by atoms with Crippen molar-refractivity contribution >= 4 is 11.9 Å². The minimum atomic E-state index is -0.877. The largest absolute Gasteiger partial charge is 0.481 e. The Bertz CT molecular complexity index is 457. The van der Waals surface area contributed by atoms with Crippen LogP contribution in [0.1, 0.15) is 105 Å². The van der Waals surface area contributed by atoms with Crippen LogP contribution in [0.5, 0.6) is 0 Å². The normalized spacial score (nSPS) is 25.9. The zero-order valence-corrected chi connectivity index (χ0v) is 18.0. The van der Waals surface area contributed by atoms with Gasteiger partial charge in [0.05, 0.1) is 11.3 Å². The summed E-state index contributed by atoms with van der Waals surface area (Å²) in [6.45, 7) is 8.43. The molecule has 1 aliphatic carbocycles. The highest BCUT2D eigenvalue weighted by Gasteiger charge is 2.54. The van der Waals surface area contributed by atoms with Gasteiger partial charge in [0.1, 0.15) is 0 Å². The Kier molecular flexibility index (Phi) is 10.4. The third-order valence-corrected chi connectivity index (χ3v) is 6.80. The van der Waals surface area contributed by atoms with Gasteiger partial charge < -0.3 is 10.2 Å². The van der Waals surface area contributed by atoms with E-state index in [0.29, 0.717) is 19.3 Å². The fourth-order valence-electron chi connectivity index (χ4n) is 5.14. The lowest BCUT2D eigenvalue weighted by Crippen LogP contribution is -2.50. The summed E-state index contributed by atoms with van der Waals surface area (Å²) in [6, 6.07) is 0. The Labute approximate surface area is 166 Å². The lowest BCUT2D eigenvalue weighted by molar-refractivity contribution is -0.168. The van der Waals surface area contributed by atoms with Gasteiger partial charge >= 0.3 is 11.9 Å². The summed E-state index contributed by atoms with van der Waals surface area (Å²) in [5, 5.41) is 19.7. The molecule has 0 aromatic carbocycles. The molecule has 3 atom stereocenters. The predicted molar refractivity (Wildman–Crippen MR) is 110 cm³/mol. The van der Waals surface area contributed by atoms with Gasteiger partial charge in [0.15, 0.2) is 0 Å². The van der Waals surface area contributed by atoms with Crippen LogP contribution in [0.4, 0.5) is 0 Å². The van der Waals surface area contributed by atoms with E-state index < -0.39 is 23.3 Å². The van der Waals surface area contributed by atoms with Crippen LogP contribution in [-0.4, -0.2) is 22.2 Å². The highest BCUT2D eigenvalue weighted by molar-refractivity contribution is 5.78. The predicted octanol–water partition coefficient (Wildman–Crippen LogP) is 6.38. The number of unbranched alkanes of at least 4 members (excludes halogenated alkanes) is 6. The Hall–Kier alpha value is -1.06. The topological polar surface area (TPSA) is 74.6 Å². The average Bonchev–Trinajstić information content (AvgIpc) is 2.59. The fraction of sp³-hybridized carbons (Fsp3) is 0.913. The summed E-state index contributed by atoms with van der Waals surface area (Å²) in [5.74, 6) is -1.60. The van der Waals surface area contributed by atoms with Crippen molar-refractivity contribution in [3.8, 4) is 0 Å². The molecule has 0 aliphatic heterocycles. The van der Waals surface area contributed by atoms with E-state index in [0.717, 1.165) is 25.2 Å². The molecule has 0 bridgehead atoms. The highest BCUT2D eigenvalue weighted by Crippen LogP contribution is 2.51. The molecule has 0 aromatic rings. The summed E-state index contributed by atoms with van der Waals surface area (Å²) >= 11 is 0. The second kappa shape index (κ2) is 11.7. The number of hydrogen-bond donors (Lipinski definition) is 2. The maximum Gasteiger partial charge on any atom is 0.310 e. The second-order valence-corrected chi connectivity index (χ2v) is 9.39. The summed E-state index contributed by atoms with van der Waals surface area (Å²) < 4.78 is 0. The third-order valence-electron chi connectivity index (χ3n) is 6.80. The van der Waals surface area contributed by atoms with Crippen LogP contribution < -0.4 is 0 Å². The van der Waals surface area contributed by atoms with Crippen molar-refractivity contribution in [1.29, 1.82) is 0 Å². The molecule has 1 aliphatic rings. The number of carboxylic acids is 2. The molecule has 4 heteroatoms. The summed E-state index contributed by atoms with van der Waals surface area (Å²) in [5.41, 5.74) is -0.877. The molecule has 0 radical (unpaired) electrons. The number of aliphatic carboxylic acids is 2. The Balaban J connectivity index is 2.52. The molecule has 1 rings (SSSR count). The molecular weight excluding hydrogens is 340 g/mol. The van der Waals surface area contributed by atoms with E-state index in [4.69, 9.17) is 0 Å². The van der Waals surface area contributed by atoms with Gasteiger partial charge in [0.25, 0.3) is 0 Å². The third kappa shape index (κ3) is 6.80. The molecule has 1 saturated carbocycles. The SMILES string of the molecule is CC(C)CCCCCCCCCC1C(C(=O)O)CCCC1(C(=O)O)C(C)C. The smallest absolute Gasteiger partial charge is 0.310 e. The molecular formula is C23H42O4. The van der Waals surface area contributed by atoms with E-state index in [1.54, 1.807) is 0 Å². The van der Waals surface area contributed by atoms with Crippen molar-refractivity contribution in [1.82, 2.24) is 0 Å². The fourth-order valence-corrected chi connectivity index (χ4v) is 5.14. The number of hydrogen-bond acceptors (Lipinski definition) is 2. The number of carboxylic acid groups (broad SMARTS) is 2. The average molecular weight is 383 g/mol. The molecule has 0 spiro atoms. The van der Waals surface area contributed by atoms with E-state index >= 15 is 0 Å². The van der Waals surface area contributed by atoms with Gasteiger partial charge in [-0.1, -0.05) is 85.5 Å². The monoisotopic (exact) mass is 382 g/mol. The van der Waals surface area contributed by atoms with Gasteiger partial charge in [0.2, 0.25) is 0 Å². The summed E-state index contributed by atoms with van der Waals surface area (Å²) in [7, 11) is 0. The maximum atomic E-state index is 12.2. The van der Waals surface area contributed by atoms with Crippen molar-refractivity contribution in [3.63, 3.8) is 0 Å². The zero-order chi connectivity index (χ0) is 20.4. The van der Waals surface area contributed by atoms with Crippen LogP contribution >= 0.6 is 0 Å². The van der Waals surface area contributed by atoms with Gasteiger partial charge in [-0.3, -0.25) is 9.59 Å². The first-order valence-corrected chi connectivity index (χ1v) is 11.2. The van der Waals surface area contributed by atoms with E-state index in [1.807, 2.05) is 13.8 Å². The minimum absolute atomic E-state index is 0.0388. The Morgan fingerprint density at radius 1 is 0.926 bits per heavy atom. The number of rotatable bonds is 13. The van der Waals surface area contributed by atoms with Crippen LogP contribution in [0.2, 0.25) is 0 Å². The van der Waals surface area contributed by atoms with Crippen LogP contribution in [0.3, 0.4) is 0 Å². The zero-order valence-electron chi connectivity index (χ0n) is 18.0. The summed E-state index contributed by atoms with van der Waals surface area (Å²) in [6.07, 6.45) is 12.3. The molecule has 0 saturated heterocycles. The summed E-state index contributed by atoms with van der Waals surface area (Å²) in [4.78, 5) is 24.0. The van der Waals surface area contributed by atoms with Crippen molar-refractivity contribution in [2.24, 2.45) is 29.1 Å². The first-order chi connectivity index (χ1) is 12.7. The molecule has 0 heterocycles. The first kappa shape index (κ1) is 24.0. The Morgan fingerprint density at radius 3 is 1.96 bits per heavy atom. The standard InChI is InChI=1S/C23H42O4/c1-17(2)13-10-8-6-5-7-9-11-15-20-19(21(24)25)14-12-16-23(20,18(3)4)22(26)27/h17-20H,5-16H2,1-4H3,(H,24,25)(H,26,27). The highest BCUT2D eigenvalue weighted by atomic mass is 16.4. The first-order valence-electron chi connectivity index (χ1n) is 11.2. The molecule has 1 fully saturated rings. The lowest BCUT2D eigenvalue weighted by Gasteiger charge is -2.47. The lowest BCUT2D eigenvalue weighted by atomic mass is 9.55. The van der Waals surface area contributed by atoms with Gasteiger partial charge in [0, 0.05) is 0 Å². The van der Waals surface area contributed by atoms with Gasteiger partial charge in [-0.05, 0) is 37.0 Å². The Morgan fingerprint density at radius 2 is 1.48 bits per heavy atom. The van der Waals surface area contributed by atoms with Gasteiger partial charge in [-0.25, -0.2) is 0 Å². The van der Waals surface area contributed by atoms with Crippen molar-refractivity contribution in [2.75, 3.05) is 0 Å². The molecule has 0 amide bonds. The van der Waals surface area contributed by atoms with Crippen LogP contribution in [0.15, 0.2) is 0 Å². The van der Waals surface area contributed by atoms with Gasteiger partial charge in [-0.15, -0.1) is 0 Å². The number of carbonyl (C=O) groups is 2. The van der Waals surface area contributed by atoms with E-state index in [9.17, 15) is 19.8 Å². The van der Waals surface area contributed by atoms with Crippen molar-refractivity contribution in [2.45, 2.75) is 105 Å². The molecule has 2 N–H and O–H groups in total. The molecule has 0 aromatic heterocycles. The van der Waals surface area contributed by atoms with Crippen molar-refractivity contribution in [3.05, 3.63) is 0 Å². The van der Waals surface area contributed by atoms with E-state index in [-0.39, 0.29) is 11.8 Å². The van der Waals surface area contributed by atoms with E-state index in [2.05, 4.69) is 13.8 Å². The molecule has 3 unspecified atom stereocenters. The second-order valence-electron chi connectivity index (χ2n) is 9.39. The van der Waals surface area contributed by atoms with Crippen LogP contribution in [-0.2, 0) is 9.59 Å². The molecule has 4 nitrogen and oxygen atoms in total. The van der Waals surface area contributed by atoms with Gasteiger partial charge in [-0.2, -0.15) is 0 Å². The quantitative estimate of drug-likeness (QED) is 0.362. The van der Waals surface area contributed by atoms with Crippen LogP contribution in [0.25, 0.3) is 0 Å².